The first-order valence-electron chi connectivity index (χ1n) is 4.89. The van der Waals surface area contributed by atoms with E-state index in [2.05, 4.69) is 24.9 Å². The van der Waals surface area contributed by atoms with Crippen molar-refractivity contribution in [2.45, 2.75) is 19.8 Å². The average Bonchev–Trinajstić information content (AvgIpc) is 2.73. The van der Waals surface area contributed by atoms with E-state index in [9.17, 15) is 4.79 Å². The molecular weight excluding hydrogens is 228 g/mol. The number of aromatic nitrogens is 2. The topological polar surface area (TPSA) is 104 Å². The van der Waals surface area contributed by atoms with E-state index in [1.54, 1.807) is 0 Å². The quantitative estimate of drug-likeness (QED) is 0.353. The van der Waals surface area contributed by atoms with Crippen LogP contribution in [0.15, 0.2) is 5.11 Å². The number of carbonyl (C=O) groups excluding carboxylic acids is 1. The molecule has 0 saturated heterocycles. The molecule has 0 atom stereocenters. The number of azide groups is 1. The zero-order chi connectivity index (χ0) is 11.8. The standard InChI is InChI=1S/C8H12N6OS/c1-2-3-6-7(16-14-12-6)8(15)10-4-5-11-13-9/h2-5H2,1H3,(H,10,15). The summed E-state index contributed by atoms with van der Waals surface area (Å²) in [6, 6.07) is 0. The molecule has 0 saturated carbocycles. The molecule has 0 bridgehead atoms. The van der Waals surface area contributed by atoms with Gasteiger partial charge in [-0.05, 0) is 23.5 Å². The maximum Gasteiger partial charge on any atom is 0.264 e. The lowest BCUT2D eigenvalue weighted by molar-refractivity contribution is 0.0957. The largest absolute Gasteiger partial charge is 0.351 e. The molecule has 0 unspecified atom stereocenters. The van der Waals surface area contributed by atoms with Crippen LogP contribution in [0.1, 0.15) is 28.7 Å². The highest BCUT2D eigenvalue weighted by Crippen LogP contribution is 2.11. The maximum atomic E-state index is 11.6. The smallest absolute Gasteiger partial charge is 0.264 e. The summed E-state index contributed by atoms with van der Waals surface area (Å²) in [6.45, 7) is 2.59. The highest BCUT2D eigenvalue weighted by molar-refractivity contribution is 7.08. The van der Waals surface area contributed by atoms with Gasteiger partial charge in [-0.15, -0.1) is 5.10 Å². The lowest BCUT2D eigenvalue weighted by atomic mass is 10.2. The van der Waals surface area contributed by atoms with E-state index in [4.69, 9.17) is 5.53 Å². The molecule has 0 fully saturated rings. The second kappa shape index (κ2) is 6.76. The number of hydrogen-bond donors (Lipinski definition) is 1. The molecule has 1 heterocycles. The molecule has 16 heavy (non-hydrogen) atoms. The molecule has 1 aromatic heterocycles. The van der Waals surface area contributed by atoms with Crippen molar-refractivity contribution in [3.8, 4) is 0 Å². The minimum Gasteiger partial charge on any atom is -0.351 e. The number of aryl methyl sites for hydroxylation is 1. The van der Waals surface area contributed by atoms with Crippen molar-refractivity contribution in [1.29, 1.82) is 0 Å². The summed E-state index contributed by atoms with van der Waals surface area (Å²) in [6.07, 6.45) is 1.67. The molecule has 1 N–H and O–H groups in total. The third-order valence-electron chi connectivity index (χ3n) is 1.81. The fourth-order valence-electron chi connectivity index (χ4n) is 1.13. The van der Waals surface area contributed by atoms with E-state index in [-0.39, 0.29) is 12.5 Å². The Bertz CT molecular complexity index is 397. The Hall–Kier alpha value is -1.66. The van der Waals surface area contributed by atoms with Gasteiger partial charge in [-0.2, -0.15) is 0 Å². The molecule has 0 aliphatic carbocycles. The predicted molar refractivity (Wildman–Crippen MR) is 60.3 cm³/mol. The van der Waals surface area contributed by atoms with Crippen molar-refractivity contribution in [3.63, 3.8) is 0 Å². The van der Waals surface area contributed by atoms with Crippen molar-refractivity contribution in [3.05, 3.63) is 21.0 Å². The van der Waals surface area contributed by atoms with Crippen LogP contribution in [0.2, 0.25) is 0 Å². The van der Waals surface area contributed by atoms with Crippen LogP contribution >= 0.6 is 11.5 Å². The van der Waals surface area contributed by atoms with Crippen LogP contribution in [0, 0.1) is 0 Å². The molecule has 8 heteroatoms. The van der Waals surface area contributed by atoms with Gasteiger partial charge in [0.25, 0.3) is 5.91 Å². The van der Waals surface area contributed by atoms with Crippen LogP contribution in [-0.4, -0.2) is 28.6 Å². The van der Waals surface area contributed by atoms with Crippen LogP contribution in [0.5, 0.6) is 0 Å². The zero-order valence-electron chi connectivity index (χ0n) is 8.88. The number of nitrogens with one attached hydrogen (secondary N) is 1. The van der Waals surface area contributed by atoms with Gasteiger partial charge in [-0.1, -0.05) is 22.9 Å². The third-order valence-corrected chi connectivity index (χ3v) is 2.58. The van der Waals surface area contributed by atoms with Gasteiger partial charge in [-0.3, -0.25) is 4.79 Å². The van der Waals surface area contributed by atoms with E-state index in [0.717, 1.165) is 30.1 Å². The molecule has 1 amide bonds. The SMILES string of the molecule is CCCc1nnsc1C(=O)NCCN=[N+]=[N-]. The molecule has 0 aromatic carbocycles. The number of nitrogens with zero attached hydrogens (tertiary/aromatic N) is 5. The Morgan fingerprint density at radius 2 is 2.50 bits per heavy atom. The summed E-state index contributed by atoms with van der Waals surface area (Å²) >= 11 is 1.08. The second-order valence-corrected chi connectivity index (χ2v) is 3.76. The van der Waals surface area contributed by atoms with Crippen molar-refractivity contribution in [2.24, 2.45) is 5.11 Å². The van der Waals surface area contributed by atoms with Gasteiger partial charge in [0.2, 0.25) is 0 Å². The Morgan fingerprint density at radius 3 is 3.19 bits per heavy atom. The summed E-state index contributed by atoms with van der Waals surface area (Å²) in [5.74, 6) is -0.202. The van der Waals surface area contributed by atoms with Gasteiger partial charge in [0.1, 0.15) is 4.88 Å². The van der Waals surface area contributed by atoms with Crippen molar-refractivity contribution in [2.75, 3.05) is 13.1 Å². The number of carbonyl (C=O) groups is 1. The summed E-state index contributed by atoms with van der Waals surface area (Å²) in [5.41, 5.74) is 8.79. The molecule has 1 aromatic rings. The fraction of sp³-hybridized carbons (Fsp3) is 0.625. The Balaban J connectivity index is 2.51. The highest BCUT2D eigenvalue weighted by atomic mass is 32.1. The zero-order valence-corrected chi connectivity index (χ0v) is 9.70. The minimum absolute atomic E-state index is 0.202. The van der Waals surface area contributed by atoms with Gasteiger partial charge in [0.15, 0.2) is 0 Å². The summed E-state index contributed by atoms with van der Waals surface area (Å²) in [4.78, 5) is 14.8. The summed E-state index contributed by atoms with van der Waals surface area (Å²) in [5, 5.41) is 9.86. The van der Waals surface area contributed by atoms with Crippen molar-refractivity contribution < 1.29 is 4.79 Å². The normalized spacial score (nSPS) is 9.56. The average molecular weight is 240 g/mol. The summed E-state index contributed by atoms with van der Waals surface area (Å²) in [7, 11) is 0. The van der Waals surface area contributed by atoms with E-state index in [1.807, 2.05) is 6.92 Å². The van der Waals surface area contributed by atoms with E-state index < -0.39 is 0 Å². The number of amides is 1. The molecule has 0 radical (unpaired) electrons. The molecule has 86 valence electrons. The van der Waals surface area contributed by atoms with Crippen LogP contribution in [0.3, 0.4) is 0 Å². The van der Waals surface area contributed by atoms with Crippen molar-refractivity contribution >= 4 is 17.4 Å². The maximum absolute atomic E-state index is 11.6. The highest BCUT2D eigenvalue weighted by Gasteiger charge is 2.14. The van der Waals surface area contributed by atoms with Gasteiger partial charge in [0.05, 0.1) is 5.69 Å². The van der Waals surface area contributed by atoms with Crippen LogP contribution < -0.4 is 5.32 Å². The van der Waals surface area contributed by atoms with Crippen LogP contribution in [0.4, 0.5) is 0 Å². The number of rotatable bonds is 6. The lowest BCUT2D eigenvalue weighted by Crippen LogP contribution is -2.26. The van der Waals surface area contributed by atoms with Gasteiger partial charge >= 0.3 is 0 Å². The fourth-order valence-corrected chi connectivity index (χ4v) is 1.75. The van der Waals surface area contributed by atoms with Crippen molar-refractivity contribution in [1.82, 2.24) is 14.9 Å². The van der Waals surface area contributed by atoms with Gasteiger partial charge in [-0.25, -0.2) is 0 Å². The van der Waals surface area contributed by atoms with E-state index in [1.165, 1.54) is 0 Å². The lowest BCUT2D eigenvalue weighted by Gasteiger charge is -2.01. The number of hydrogen-bond acceptors (Lipinski definition) is 5. The summed E-state index contributed by atoms with van der Waals surface area (Å²) < 4.78 is 3.76. The van der Waals surface area contributed by atoms with Gasteiger partial charge in [0, 0.05) is 18.0 Å². The first kappa shape index (κ1) is 12.4. The molecule has 7 nitrogen and oxygen atoms in total. The first-order valence-corrected chi connectivity index (χ1v) is 5.67. The third kappa shape index (κ3) is 3.48. The first-order chi connectivity index (χ1) is 7.79. The molecular formula is C8H12N6OS. The van der Waals surface area contributed by atoms with Crippen LogP contribution in [0.25, 0.3) is 10.4 Å². The van der Waals surface area contributed by atoms with Gasteiger partial charge < -0.3 is 5.32 Å². The monoisotopic (exact) mass is 240 g/mol. The minimum atomic E-state index is -0.202. The molecule has 0 aliphatic rings. The molecule has 1 rings (SSSR count). The molecule has 0 aliphatic heterocycles. The van der Waals surface area contributed by atoms with E-state index >= 15 is 0 Å². The van der Waals surface area contributed by atoms with E-state index in [0.29, 0.717) is 11.4 Å². The predicted octanol–water partition coefficient (Wildman–Crippen LogP) is 1.53. The molecule has 0 spiro atoms. The second-order valence-electron chi connectivity index (χ2n) is 3.01. The Labute approximate surface area is 96.7 Å². The Kier molecular flexibility index (Phi) is 5.24. The van der Waals surface area contributed by atoms with Crippen LogP contribution in [-0.2, 0) is 6.42 Å². The Morgan fingerprint density at radius 1 is 1.69 bits per heavy atom.